The van der Waals surface area contributed by atoms with Crippen molar-refractivity contribution in [2.75, 3.05) is 13.2 Å². The van der Waals surface area contributed by atoms with Crippen LogP contribution in [0.3, 0.4) is 0 Å². The molecule has 1 fully saturated rings. The number of fused-ring (bicyclic) bond motifs is 1. The Bertz CT molecular complexity index is 1050. The Morgan fingerprint density at radius 3 is 2.82 bits per heavy atom. The summed E-state index contributed by atoms with van der Waals surface area (Å²) in [6.07, 6.45) is 2.16. The van der Waals surface area contributed by atoms with Gasteiger partial charge in [-0.15, -0.1) is 0 Å². The normalized spacial score (nSPS) is 19.9. The van der Waals surface area contributed by atoms with Gasteiger partial charge in [-0.3, -0.25) is 4.79 Å². The molecule has 0 spiro atoms. The molecule has 2 heterocycles. The van der Waals surface area contributed by atoms with Crippen LogP contribution in [0.2, 0.25) is 5.02 Å². The molecule has 0 bridgehead atoms. The van der Waals surface area contributed by atoms with E-state index < -0.39 is 0 Å². The van der Waals surface area contributed by atoms with Gasteiger partial charge in [0.1, 0.15) is 13.2 Å². The van der Waals surface area contributed by atoms with Gasteiger partial charge in [0.2, 0.25) is 0 Å². The maximum absolute atomic E-state index is 12.8. The molecule has 0 unspecified atom stereocenters. The summed E-state index contributed by atoms with van der Waals surface area (Å²) < 4.78 is 16.7. The summed E-state index contributed by atoms with van der Waals surface area (Å²) in [6, 6.07) is 13.2. The van der Waals surface area contributed by atoms with Crippen LogP contribution in [0.15, 0.2) is 53.3 Å². The third-order valence-electron chi connectivity index (χ3n) is 4.97. The molecule has 1 aromatic heterocycles. The zero-order valence-corrected chi connectivity index (χ0v) is 15.6. The Morgan fingerprint density at radius 1 is 1.11 bits per heavy atom. The van der Waals surface area contributed by atoms with E-state index in [2.05, 4.69) is 10.3 Å². The van der Waals surface area contributed by atoms with Crippen LogP contribution in [0.5, 0.6) is 11.5 Å². The summed E-state index contributed by atoms with van der Waals surface area (Å²) in [5, 5.41) is 3.74. The number of aromatic nitrogens is 1. The van der Waals surface area contributed by atoms with E-state index in [1.807, 2.05) is 36.4 Å². The van der Waals surface area contributed by atoms with Crippen LogP contribution < -0.4 is 14.8 Å². The number of nitrogens with one attached hydrogen (secondary N) is 1. The molecule has 2 aromatic carbocycles. The Balaban J connectivity index is 1.33. The van der Waals surface area contributed by atoms with Gasteiger partial charge in [0.25, 0.3) is 5.91 Å². The molecule has 1 N–H and O–H groups in total. The lowest BCUT2D eigenvalue weighted by Gasteiger charge is -2.18. The topological polar surface area (TPSA) is 73.6 Å². The van der Waals surface area contributed by atoms with E-state index >= 15 is 0 Å². The fourth-order valence-electron chi connectivity index (χ4n) is 3.49. The number of benzene rings is 2. The smallest absolute Gasteiger partial charge is 0.274 e. The number of hydrogen-bond acceptors (Lipinski definition) is 5. The second-order valence-electron chi connectivity index (χ2n) is 6.87. The quantitative estimate of drug-likeness (QED) is 0.720. The molecular formula is C21H17ClN2O4. The second kappa shape index (κ2) is 6.87. The van der Waals surface area contributed by atoms with E-state index in [0.29, 0.717) is 41.1 Å². The van der Waals surface area contributed by atoms with Gasteiger partial charge in [0.15, 0.2) is 29.3 Å². The molecular weight excluding hydrogens is 380 g/mol. The molecule has 0 radical (unpaired) electrons. The monoisotopic (exact) mass is 396 g/mol. The maximum atomic E-state index is 12.8. The highest BCUT2D eigenvalue weighted by Crippen LogP contribution is 2.42. The molecule has 1 aliphatic carbocycles. The number of carbonyl (C=O) groups is 1. The summed E-state index contributed by atoms with van der Waals surface area (Å²) in [6.45, 7) is 1.02. The molecule has 3 aromatic rings. The van der Waals surface area contributed by atoms with E-state index in [9.17, 15) is 4.79 Å². The number of oxazole rings is 1. The Labute approximate surface area is 166 Å². The molecule has 2 atom stereocenters. The van der Waals surface area contributed by atoms with Crippen LogP contribution in [-0.4, -0.2) is 30.1 Å². The maximum Gasteiger partial charge on any atom is 0.274 e. The highest BCUT2D eigenvalue weighted by Gasteiger charge is 2.40. The molecule has 1 saturated carbocycles. The van der Waals surface area contributed by atoms with Gasteiger partial charge in [-0.05, 0) is 42.3 Å². The summed E-state index contributed by atoms with van der Waals surface area (Å²) >= 11 is 6.06. The Hall–Kier alpha value is -2.99. The second-order valence-corrected chi connectivity index (χ2v) is 7.30. The van der Waals surface area contributed by atoms with Crippen LogP contribution in [0, 0.1) is 0 Å². The van der Waals surface area contributed by atoms with Crippen molar-refractivity contribution in [1.82, 2.24) is 10.3 Å². The van der Waals surface area contributed by atoms with Gasteiger partial charge in [0.05, 0.1) is 0 Å². The SMILES string of the molecule is O=C(N[C@@H]1C[C@H]1c1cccc(Cl)c1)c1ncoc1-c1ccc2c(c1)OCCO2. The van der Waals surface area contributed by atoms with Crippen molar-refractivity contribution < 1.29 is 18.7 Å². The highest BCUT2D eigenvalue weighted by molar-refractivity contribution is 6.30. The van der Waals surface area contributed by atoms with Crippen molar-refractivity contribution in [1.29, 1.82) is 0 Å². The lowest BCUT2D eigenvalue weighted by Crippen LogP contribution is -2.27. The van der Waals surface area contributed by atoms with Gasteiger partial charge in [-0.2, -0.15) is 0 Å². The first-order chi connectivity index (χ1) is 13.7. The lowest BCUT2D eigenvalue weighted by atomic mass is 10.1. The molecule has 1 amide bonds. The largest absolute Gasteiger partial charge is 0.486 e. The molecule has 28 heavy (non-hydrogen) atoms. The van der Waals surface area contributed by atoms with Crippen molar-refractivity contribution in [3.8, 4) is 22.8 Å². The third kappa shape index (κ3) is 3.20. The van der Waals surface area contributed by atoms with Gasteiger partial charge in [-0.25, -0.2) is 4.98 Å². The average molecular weight is 397 g/mol. The number of ether oxygens (including phenoxy) is 2. The van der Waals surface area contributed by atoms with Crippen molar-refractivity contribution in [2.45, 2.75) is 18.4 Å². The minimum atomic E-state index is -0.256. The lowest BCUT2D eigenvalue weighted by molar-refractivity contribution is 0.0946. The molecule has 6 nitrogen and oxygen atoms in total. The minimum Gasteiger partial charge on any atom is -0.486 e. The van der Waals surface area contributed by atoms with Gasteiger partial charge in [0, 0.05) is 22.5 Å². The first-order valence-corrected chi connectivity index (χ1v) is 9.46. The summed E-state index contributed by atoms with van der Waals surface area (Å²) in [4.78, 5) is 16.9. The fourth-order valence-corrected chi connectivity index (χ4v) is 3.69. The number of halogens is 1. The Morgan fingerprint density at radius 2 is 1.96 bits per heavy atom. The van der Waals surface area contributed by atoms with E-state index in [1.54, 1.807) is 6.07 Å². The third-order valence-corrected chi connectivity index (χ3v) is 5.21. The van der Waals surface area contributed by atoms with Crippen LogP contribution in [0.25, 0.3) is 11.3 Å². The van der Waals surface area contributed by atoms with E-state index in [1.165, 1.54) is 6.39 Å². The number of hydrogen-bond donors (Lipinski definition) is 1. The molecule has 0 saturated heterocycles. The zero-order chi connectivity index (χ0) is 19.1. The molecule has 5 rings (SSSR count). The first-order valence-electron chi connectivity index (χ1n) is 9.09. The van der Waals surface area contributed by atoms with Crippen molar-refractivity contribution in [3.63, 3.8) is 0 Å². The standard InChI is InChI=1S/C21H17ClN2O4/c22-14-3-1-2-12(8-14)15-10-16(15)24-21(25)19-20(28-11-23-19)13-4-5-17-18(9-13)27-7-6-26-17/h1-5,8-9,11,15-16H,6-7,10H2,(H,24,25)/t15-,16+/m0/s1. The van der Waals surface area contributed by atoms with Crippen LogP contribution in [-0.2, 0) is 0 Å². The molecule has 1 aliphatic heterocycles. The van der Waals surface area contributed by atoms with Crippen LogP contribution in [0.1, 0.15) is 28.4 Å². The van der Waals surface area contributed by atoms with E-state index in [-0.39, 0.29) is 23.6 Å². The van der Waals surface area contributed by atoms with Crippen molar-refractivity contribution in [3.05, 3.63) is 65.1 Å². The predicted molar refractivity (Wildman–Crippen MR) is 103 cm³/mol. The number of rotatable bonds is 4. The first kappa shape index (κ1) is 17.1. The van der Waals surface area contributed by atoms with Crippen molar-refractivity contribution >= 4 is 17.5 Å². The van der Waals surface area contributed by atoms with Crippen LogP contribution in [0.4, 0.5) is 0 Å². The molecule has 2 aliphatic rings. The van der Waals surface area contributed by atoms with E-state index in [0.717, 1.165) is 12.0 Å². The summed E-state index contributed by atoms with van der Waals surface area (Å²) in [7, 11) is 0. The van der Waals surface area contributed by atoms with Crippen LogP contribution >= 0.6 is 11.6 Å². The number of nitrogens with zero attached hydrogens (tertiary/aromatic N) is 1. The van der Waals surface area contributed by atoms with Gasteiger partial charge < -0.3 is 19.2 Å². The minimum absolute atomic E-state index is 0.0655. The van der Waals surface area contributed by atoms with Gasteiger partial charge >= 0.3 is 0 Å². The van der Waals surface area contributed by atoms with Gasteiger partial charge in [-0.1, -0.05) is 23.7 Å². The molecule has 142 valence electrons. The molecule has 7 heteroatoms. The summed E-state index contributed by atoms with van der Waals surface area (Å²) in [5.41, 5.74) is 2.10. The van der Waals surface area contributed by atoms with Crippen molar-refractivity contribution in [2.24, 2.45) is 0 Å². The zero-order valence-electron chi connectivity index (χ0n) is 14.9. The average Bonchev–Trinajstić information content (AvgIpc) is 3.30. The number of carbonyl (C=O) groups excluding carboxylic acids is 1. The predicted octanol–water partition coefficient (Wildman–Crippen LogP) is 4.05. The number of amides is 1. The fraction of sp³-hybridized carbons (Fsp3) is 0.238. The Kier molecular flexibility index (Phi) is 4.20. The highest BCUT2D eigenvalue weighted by atomic mass is 35.5. The van der Waals surface area contributed by atoms with E-state index in [4.69, 9.17) is 25.5 Å². The summed E-state index contributed by atoms with van der Waals surface area (Å²) in [5.74, 6) is 1.74.